The highest BCUT2D eigenvalue weighted by atomic mass is 16.7. The van der Waals surface area contributed by atoms with Crippen molar-refractivity contribution in [2.45, 2.75) is 0 Å². The number of methoxy groups -OCH3 is 1. The molecule has 32 heavy (non-hydrogen) atoms. The fraction of sp³-hybridized carbons (Fsp3) is 0.115. The number of hydrogen-bond acceptors (Lipinski definition) is 6. The molecular weight excluding hydrogens is 406 g/mol. The van der Waals surface area contributed by atoms with Crippen LogP contribution >= 0.6 is 0 Å². The fourth-order valence-electron chi connectivity index (χ4n) is 3.98. The Morgan fingerprint density at radius 2 is 1.19 bits per heavy atom. The van der Waals surface area contributed by atoms with Gasteiger partial charge in [-0.2, -0.15) is 0 Å². The first-order chi connectivity index (χ1) is 15.8. The van der Waals surface area contributed by atoms with E-state index in [0.29, 0.717) is 0 Å². The summed E-state index contributed by atoms with van der Waals surface area (Å²) >= 11 is 0. The van der Waals surface area contributed by atoms with Gasteiger partial charge in [0, 0.05) is 16.7 Å². The molecule has 0 unspecified atom stereocenters. The second-order valence-corrected chi connectivity index (χ2v) is 7.46. The monoisotopic (exact) mass is 425 g/mol. The minimum absolute atomic E-state index is 0.232. The summed E-state index contributed by atoms with van der Waals surface area (Å²) in [7, 11) is 1.68. The molecule has 0 fully saturated rings. The van der Waals surface area contributed by atoms with Gasteiger partial charge in [0.2, 0.25) is 13.6 Å². The van der Waals surface area contributed by atoms with Crippen molar-refractivity contribution >= 4 is 0 Å². The van der Waals surface area contributed by atoms with E-state index in [2.05, 4.69) is 12.1 Å². The summed E-state index contributed by atoms with van der Waals surface area (Å²) in [6.07, 6.45) is 0. The van der Waals surface area contributed by atoms with Crippen LogP contribution in [-0.4, -0.2) is 25.7 Å². The maximum Gasteiger partial charge on any atom is 0.231 e. The Kier molecular flexibility index (Phi) is 4.35. The van der Waals surface area contributed by atoms with Crippen LogP contribution in [0.5, 0.6) is 28.7 Å². The lowest BCUT2D eigenvalue weighted by atomic mass is 9.99. The standard InChI is InChI=1S/C26H19NO5/c1-28-22-5-3-2-4-19(22)18-10-20(16-6-8-23-25(12-16)31-14-29-23)27-21(11-18)17-7-9-24-26(13-17)32-15-30-24/h2-13H,14-15H2,1H3. The molecule has 4 aromatic rings. The number of aromatic nitrogens is 1. The summed E-state index contributed by atoms with van der Waals surface area (Å²) in [5.74, 6) is 3.72. The van der Waals surface area contributed by atoms with Gasteiger partial charge in [-0.3, -0.25) is 0 Å². The third-order valence-electron chi connectivity index (χ3n) is 5.58. The summed E-state index contributed by atoms with van der Waals surface area (Å²) in [5, 5.41) is 0. The zero-order chi connectivity index (χ0) is 21.5. The Balaban J connectivity index is 1.53. The Bertz CT molecular complexity index is 1260. The van der Waals surface area contributed by atoms with Gasteiger partial charge in [0.05, 0.1) is 18.5 Å². The quantitative estimate of drug-likeness (QED) is 0.427. The lowest BCUT2D eigenvalue weighted by Gasteiger charge is -2.13. The van der Waals surface area contributed by atoms with Gasteiger partial charge in [0.25, 0.3) is 0 Å². The largest absolute Gasteiger partial charge is 0.496 e. The number of pyridine rings is 1. The van der Waals surface area contributed by atoms with Crippen LogP contribution in [-0.2, 0) is 0 Å². The van der Waals surface area contributed by atoms with Crippen LogP contribution in [0.3, 0.4) is 0 Å². The van der Waals surface area contributed by atoms with Crippen LogP contribution in [0.1, 0.15) is 0 Å². The Labute approximate surface area is 184 Å². The molecule has 2 aliphatic rings. The van der Waals surface area contributed by atoms with Gasteiger partial charge >= 0.3 is 0 Å². The van der Waals surface area contributed by atoms with Crippen LogP contribution in [0.15, 0.2) is 72.8 Å². The van der Waals surface area contributed by atoms with Crippen molar-refractivity contribution in [2.75, 3.05) is 20.7 Å². The summed E-state index contributed by atoms with van der Waals surface area (Å²) in [6.45, 7) is 0.464. The van der Waals surface area contributed by atoms with Crippen LogP contribution < -0.4 is 23.7 Å². The fourth-order valence-corrected chi connectivity index (χ4v) is 3.98. The van der Waals surface area contributed by atoms with Crippen LogP contribution in [0, 0.1) is 0 Å². The predicted octanol–water partition coefficient (Wildman–Crippen LogP) is 5.55. The molecule has 0 aliphatic carbocycles. The molecule has 0 radical (unpaired) electrons. The van der Waals surface area contributed by atoms with E-state index in [9.17, 15) is 0 Å². The average molecular weight is 425 g/mol. The molecule has 0 bridgehead atoms. The molecule has 158 valence electrons. The zero-order valence-electron chi connectivity index (χ0n) is 17.3. The minimum atomic E-state index is 0.232. The number of benzene rings is 3. The van der Waals surface area contributed by atoms with E-state index >= 15 is 0 Å². The normalized spacial score (nSPS) is 13.3. The molecule has 6 nitrogen and oxygen atoms in total. The molecule has 6 heteroatoms. The Hall–Kier alpha value is -4.19. The number of rotatable bonds is 4. The maximum absolute atomic E-state index is 5.62. The van der Waals surface area contributed by atoms with Crippen molar-refractivity contribution in [1.29, 1.82) is 0 Å². The van der Waals surface area contributed by atoms with Gasteiger partial charge in [-0.15, -0.1) is 0 Å². The van der Waals surface area contributed by atoms with Gasteiger partial charge in [-0.1, -0.05) is 18.2 Å². The van der Waals surface area contributed by atoms with Crippen molar-refractivity contribution < 1.29 is 23.7 Å². The Morgan fingerprint density at radius 3 is 1.78 bits per heavy atom. The summed E-state index contributed by atoms with van der Waals surface area (Å²) in [5.41, 5.74) is 5.50. The summed E-state index contributed by atoms with van der Waals surface area (Å²) < 4.78 is 27.7. The van der Waals surface area contributed by atoms with Gasteiger partial charge in [0.1, 0.15) is 5.75 Å². The minimum Gasteiger partial charge on any atom is -0.496 e. The third kappa shape index (κ3) is 3.17. The summed E-state index contributed by atoms with van der Waals surface area (Å²) in [4.78, 5) is 4.97. The number of fused-ring (bicyclic) bond motifs is 2. The SMILES string of the molecule is COc1ccccc1-c1cc(-c2ccc3c(c2)OCO3)nc(-c2ccc3c(c2)OCO3)c1. The van der Waals surface area contributed by atoms with E-state index in [1.165, 1.54) is 0 Å². The van der Waals surface area contributed by atoms with Gasteiger partial charge in [-0.25, -0.2) is 4.98 Å². The highest BCUT2D eigenvalue weighted by molar-refractivity contribution is 5.80. The number of hydrogen-bond donors (Lipinski definition) is 0. The van der Waals surface area contributed by atoms with Gasteiger partial charge in [0.15, 0.2) is 23.0 Å². The number of para-hydroxylation sites is 1. The topological polar surface area (TPSA) is 59.0 Å². The van der Waals surface area contributed by atoms with E-state index in [-0.39, 0.29) is 13.6 Å². The first-order valence-electron chi connectivity index (χ1n) is 10.2. The molecule has 1 aromatic heterocycles. The average Bonchev–Trinajstić information content (AvgIpc) is 3.52. The number of nitrogens with zero attached hydrogens (tertiary/aromatic N) is 1. The van der Waals surface area contributed by atoms with E-state index in [1.54, 1.807) is 7.11 Å². The molecule has 0 amide bonds. The number of ether oxygens (including phenoxy) is 5. The molecular formula is C26H19NO5. The molecule has 3 heterocycles. The van der Waals surface area contributed by atoms with Crippen molar-refractivity contribution in [3.63, 3.8) is 0 Å². The molecule has 0 spiro atoms. The van der Waals surface area contributed by atoms with Crippen LogP contribution in [0.2, 0.25) is 0 Å². The molecule has 0 saturated heterocycles. The van der Waals surface area contributed by atoms with Crippen molar-refractivity contribution in [3.05, 3.63) is 72.8 Å². The highest BCUT2D eigenvalue weighted by Crippen LogP contribution is 2.40. The van der Waals surface area contributed by atoms with E-state index in [1.807, 2.05) is 60.7 Å². The predicted molar refractivity (Wildman–Crippen MR) is 119 cm³/mol. The van der Waals surface area contributed by atoms with E-state index in [0.717, 1.165) is 62.4 Å². The maximum atomic E-state index is 5.62. The molecule has 0 saturated carbocycles. The van der Waals surface area contributed by atoms with Crippen LogP contribution in [0.25, 0.3) is 33.6 Å². The first-order valence-corrected chi connectivity index (χ1v) is 10.2. The lowest BCUT2D eigenvalue weighted by Crippen LogP contribution is -1.94. The highest BCUT2D eigenvalue weighted by Gasteiger charge is 2.18. The third-order valence-corrected chi connectivity index (χ3v) is 5.58. The molecule has 2 aliphatic heterocycles. The van der Waals surface area contributed by atoms with E-state index in [4.69, 9.17) is 28.7 Å². The molecule has 6 rings (SSSR count). The smallest absolute Gasteiger partial charge is 0.231 e. The lowest BCUT2D eigenvalue weighted by molar-refractivity contribution is 0.173. The summed E-state index contributed by atoms with van der Waals surface area (Å²) in [6, 6.07) is 23.8. The zero-order valence-corrected chi connectivity index (χ0v) is 17.3. The van der Waals surface area contributed by atoms with Crippen molar-refractivity contribution in [3.8, 4) is 62.4 Å². The van der Waals surface area contributed by atoms with E-state index < -0.39 is 0 Å². The molecule has 0 N–H and O–H groups in total. The first kappa shape index (κ1) is 18.6. The second-order valence-electron chi connectivity index (χ2n) is 7.46. The van der Waals surface area contributed by atoms with Crippen molar-refractivity contribution in [2.24, 2.45) is 0 Å². The van der Waals surface area contributed by atoms with Gasteiger partial charge < -0.3 is 23.7 Å². The second kappa shape index (κ2) is 7.50. The molecule has 0 atom stereocenters. The van der Waals surface area contributed by atoms with Gasteiger partial charge in [-0.05, 0) is 60.2 Å². The van der Waals surface area contributed by atoms with Crippen molar-refractivity contribution in [1.82, 2.24) is 4.98 Å². The van der Waals surface area contributed by atoms with Crippen LogP contribution in [0.4, 0.5) is 0 Å². The Morgan fingerprint density at radius 1 is 0.625 bits per heavy atom. The molecule has 3 aromatic carbocycles.